The standard InChI is InChI=1S/C20H28N2O3/c1-13(2)16-8-7-14-5-3-4-6-17(14)18(16)21-20(25)22-11-9-15(10-12-22)19(23)24/h3-6,13,15-16,18H,7-12H2,1-2H3,(H,21,25)(H,23,24). The fourth-order valence-electron chi connectivity index (χ4n) is 4.24. The summed E-state index contributed by atoms with van der Waals surface area (Å²) in [6.45, 7) is 5.47. The van der Waals surface area contributed by atoms with Gasteiger partial charge in [-0.3, -0.25) is 4.79 Å². The molecule has 0 bridgehead atoms. The summed E-state index contributed by atoms with van der Waals surface area (Å²) in [5.41, 5.74) is 2.57. The van der Waals surface area contributed by atoms with Crippen LogP contribution in [0.25, 0.3) is 0 Å². The normalized spacial score (nSPS) is 24.0. The van der Waals surface area contributed by atoms with E-state index in [1.54, 1.807) is 4.90 Å². The summed E-state index contributed by atoms with van der Waals surface area (Å²) in [6.07, 6.45) is 3.23. The number of carboxylic acid groups (broad SMARTS) is 1. The van der Waals surface area contributed by atoms with Gasteiger partial charge in [-0.25, -0.2) is 4.79 Å². The maximum atomic E-state index is 12.8. The van der Waals surface area contributed by atoms with Crippen LogP contribution in [0.1, 0.15) is 50.3 Å². The Balaban J connectivity index is 1.71. The molecular weight excluding hydrogens is 316 g/mol. The fourth-order valence-corrected chi connectivity index (χ4v) is 4.24. The van der Waals surface area contributed by atoms with E-state index in [9.17, 15) is 9.59 Å². The molecule has 1 heterocycles. The molecule has 1 fully saturated rings. The number of carbonyl (C=O) groups excluding carboxylic acids is 1. The number of urea groups is 1. The molecule has 2 aliphatic rings. The zero-order chi connectivity index (χ0) is 18.0. The molecule has 1 aliphatic heterocycles. The molecule has 5 nitrogen and oxygen atoms in total. The largest absolute Gasteiger partial charge is 0.481 e. The second-order valence-electron chi connectivity index (χ2n) is 7.67. The first kappa shape index (κ1) is 17.8. The number of carbonyl (C=O) groups is 2. The number of benzene rings is 1. The minimum Gasteiger partial charge on any atom is -0.481 e. The Kier molecular flexibility index (Phi) is 5.30. The van der Waals surface area contributed by atoms with Crippen LogP contribution < -0.4 is 5.32 Å². The monoisotopic (exact) mass is 344 g/mol. The van der Waals surface area contributed by atoms with Crippen molar-refractivity contribution < 1.29 is 14.7 Å². The molecule has 1 aromatic carbocycles. The van der Waals surface area contributed by atoms with E-state index in [1.165, 1.54) is 11.1 Å². The van der Waals surface area contributed by atoms with Gasteiger partial charge in [0, 0.05) is 13.1 Å². The first-order valence-electron chi connectivity index (χ1n) is 9.33. The molecule has 0 saturated carbocycles. The number of fused-ring (bicyclic) bond motifs is 1. The first-order valence-corrected chi connectivity index (χ1v) is 9.33. The van der Waals surface area contributed by atoms with Gasteiger partial charge in [0.05, 0.1) is 12.0 Å². The second-order valence-corrected chi connectivity index (χ2v) is 7.67. The smallest absolute Gasteiger partial charge is 0.317 e. The van der Waals surface area contributed by atoms with Crippen molar-refractivity contribution in [3.05, 3.63) is 35.4 Å². The van der Waals surface area contributed by atoms with E-state index in [0.717, 1.165) is 12.8 Å². The molecule has 0 radical (unpaired) electrons. The van der Waals surface area contributed by atoms with E-state index in [2.05, 4.69) is 37.4 Å². The van der Waals surface area contributed by atoms with Crippen LogP contribution >= 0.6 is 0 Å². The number of amides is 2. The molecule has 2 N–H and O–H groups in total. The summed E-state index contributed by atoms with van der Waals surface area (Å²) >= 11 is 0. The third-order valence-corrected chi connectivity index (χ3v) is 5.83. The van der Waals surface area contributed by atoms with Gasteiger partial charge in [-0.2, -0.15) is 0 Å². The van der Waals surface area contributed by atoms with Crippen molar-refractivity contribution in [2.75, 3.05) is 13.1 Å². The molecule has 5 heteroatoms. The van der Waals surface area contributed by atoms with Crippen LogP contribution in [0.5, 0.6) is 0 Å². The van der Waals surface area contributed by atoms with Gasteiger partial charge in [0.25, 0.3) is 0 Å². The summed E-state index contributed by atoms with van der Waals surface area (Å²) < 4.78 is 0. The highest BCUT2D eigenvalue weighted by Gasteiger charge is 2.34. The lowest BCUT2D eigenvalue weighted by Gasteiger charge is -2.38. The number of likely N-dealkylation sites (tertiary alicyclic amines) is 1. The highest BCUT2D eigenvalue weighted by atomic mass is 16.4. The van der Waals surface area contributed by atoms with Gasteiger partial charge in [0.2, 0.25) is 0 Å². The van der Waals surface area contributed by atoms with Crippen LogP contribution in [0, 0.1) is 17.8 Å². The number of nitrogens with one attached hydrogen (secondary N) is 1. The van der Waals surface area contributed by atoms with E-state index in [0.29, 0.717) is 37.8 Å². The predicted molar refractivity (Wildman–Crippen MR) is 96.3 cm³/mol. The Hall–Kier alpha value is -2.04. The molecule has 136 valence electrons. The number of aliphatic carboxylic acids is 1. The maximum Gasteiger partial charge on any atom is 0.317 e. The molecular formula is C20H28N2O3. The SMILES string of the molecule is CC(C)C1CCc2ccccc2C1NC(=O)N1CCC(C(=O)O)CC1. The predicted octanol–water partition coefficient (Wildman–Crippen LogP) is 3.45. The third kappa shape index (κ3) is 3.80. The van der Waals surface area contributed by atoms with Gasteiger partial charge >= 0.3 is 12.0 Å². The number of nitrogens with zero attached hydrogens (tertiary/aromatic N) is 1. The van der Waals surface area contributed by atoms with Crippen LogP contribution in [-0.4, -0.2) is 35.1 Å². The van der Waals surface area contributed by atoms with Crippen molar-refractivity contribution in [1.82, 2.24) is 10.2 Å². The topological polar surface area (TPSA) is 69.6 Å². The molecule has 2 unspecified atom stereocenters. The quantitative estimate of drug-likeness (QED) is 0.882. The van der Waals surface area contributed by atoms with Gasteiger partial charge in [-0.15, -0.1) is 0 Å². The Bertz CT molecular complexity index is 636. The van der Waals surface area contributed by atoms with Gasteiger partial charge in [-0.05, 0) is 48.6 Å². The zero-order valence-corrected chi connectivity index (χ0v) is 15.1. The van der Waals surface area contributed by atoms with Gasteiger partial charge in [0.1, 0.15) is 0 Å². The minimum atomic E-state index is -0.749. The molecule has 3 rings (SSSR count). The highest BCUT2D eigenvalue weighted by molar-refractivity contribution is 5.76. The Morgan fingerprint density at radius 1 is 1.16 bits per heavy atom. The number of hydrogen-bond acceptors (Lipinski definition) is 2. The Morgan fingerprint density at radius 3 is 2.48 bits per heavy atom. The number of carboxylic acids is 1. The van der Waals surface area contributed by atoms with E-state index in [-0.39, 0.29) is 18.0 Å². The summed E-state index contributed by atoms with van der Waals surface area (Å²) in [7, 11) is 0. The Morgan fingerprint density at radius 2 is 1.84 bits per heavy atom. The molecule has 25 heavy (non-hydrogen) atoms. The van der Waals surface area contributed by atoms with Crippen molar-refractivity contribution in [1.29, 1.82) is 0 Å². The molecule has 0 spiro atoms. The van der Waals surface area contributed by atoms with E-state index in [1.807, 2.05) is 6.07 Å². The highest BCUT2D eigenvalue weighted by Crippen LogP contribution is 2.38. The number of hydrogen-bond donors (Lipinski definition) is 2. The Labute approximate surface area is 149 Å². The molecule has 0 aromatic heterocycles. The number of rotatable bonds is 3. The zero-order valence-electron chi connectivity index (χ0n) is 15.1. The molecule has 1 aliphatic carbocycles. The van der Waals surface area contributed by atoms with Crippen molar-refractivity contribution in [3.63, 3.8) is 0 Å². The van der Waals surface area contributed by atoms with Crippen LogP contribution in [0.2, 0.25) is 0 Å². The average molecular weight is 344 g/mol. The van der Waals surface area contributed by atoms with Gasteiger partial charge in [-0.1, -0.05) is 38.1 Å². The van der Waals surface area contributed by atoms with Crippen LogP contribution in [0.3, 0.4) is 0 Å². The lowest BCUT2D eigenvalue weighted by molar-refractivity contribution is -0.143. The average Bonchev–Trinajstić information content (AvgIpc) is 2.61. The van der Waals surface area contributed by atoms with Gasteiger partial charge < -0.3 is 15.3 Å². The van der Waals surface area contributed by atoms with Crippen molar-refractivity contribution in [2.45, 2.75) is 45.6 Å². The van der Waals surface area contributed by atoms with Crippen LogP contribution in [-0.2, 0) is 11.2 Å². The van der Waals surface area contributed by atoms with E-state index < -0.39 is 5.97 Å². The molecule has 2 atom stereocenters. The molecule has 1 aromatic rings. The summed E-state index contributed by atoms with van der Waals surface area (Å²) in [5, 5.41) is 12.4. The van der Waals surface area contributed by atoms with Crippen molar-refractivity contribution in [3.8, 4) is 0 Å². The summed E-state index contributed by atoms with van der Waals surface area (Å²) in [5.74, 6) is -0.143. The van der Waals surface area contributed by atoms with Crippen molar-refractivity contribution >= 4 is 12.0 Å². The fraction of sp³-hybridized carbons (Fsp3) is 0.600. The van der Waals surface area contributed by atoms with E-state index >= 15 is 0 Å². The van der Waals surface area contributed by atoms with Crippen LogP contribution in [0.4, 0.5) is 4.79 Å². The lowest BCUT2D eigenvalue weighted by Crippen LogP contribution is -2.48. The van der Waals surface area contributed by atoms with E-state index in [4.69, 9.17) is 5.11 Å². The number of piperidine rings is 1. The van der Waals surface area contributed by atoms with Crippen LogP contribution in [0.15, 0.2) is 24.3 Å². The molecule has 1 saturated heterocycles. The lowest BCUT2D eigenvalue weighted by atomic mass is 9.74. The second kappa shape index (κ2) is 7.46. The van der Waals surface area contributed by atoms with Crippen molar-refractivity contribution in [2.24, 2.45) is 17.8 Å². The summed E-state index contributed by atoms with van der Waals surface area (Å²) in [4.78, 5) is 25.6. The first-order chi connectivity index (χ1) is 12.0. The summed E-state index contributed by atoms with van der Waals surface area (Å²) in [6, 6.07) is 8.36. The van der Waals surface area contributed by atoms with Gasteiger partial charge in [0.15, 0.2) is 0 Å². The minimum absolute atomic E-state index is 0.0367. The number of aryl methyl sites for hydroxylation is 1. The maximum absolute atomic E-state index is 12.8. The third-order valence-electron chi connectivity index (χ3n) is 5.83. The molecule has 2 amide bonds.